The molecule has 1 saturated carbocycles. The van der Waals surface area contributed by atoms with Crippen molar-refractivity contribution >= 4 is 21.6 Å². The van der Waals surface area contributed by atoms with Crippen molar-refractivity contribution < 1.29 is 8.42 Å². The van der Waals surface area contributed by atoms with Gasteiger partial charge in [-0.25, -0.2) is 8.42 Å². The van der Waals surface area contributed by atoms with Crippen LogP contribution in [-0.4, -0.2) is 32.4 Å². The van der Waals surface area contributed by atoms with E-state index in [9.17, 15) is 8.42 Å². The molecule has 7 heteroatoms. The van der Waals surface area contributed by atoms with Crippen molar-refractivity contribution in [2.45, 2.75) is 23.8 Å². The lowest BCUT2D eigenvalue weighted by atomic mass is 10.2. The second-order valence-corrected chi connectivity index (χ2v) is 7.29. The zero-order valence-corrected chi connectivity index (χ0v) is 12.7. The van der Waals surface area contributed by atoms with Crippen molar-refractivity contribution in [3.63, 3.8) is 0 Å². The van der Waals surface area contributed by atoms with Gasteiger partial charge in [-0.15, -0.1) is 0 Å². The Morgan fingerprint density at radius 3 is 2.65 bits per heavy atom. The first-order valence-corrected chi connectivity index (χ1v) is 8.11. The predicted molar refractivity (Wildman–Crippen MR) is 76.7 cm³/mol. The molecule has 5 nitrogen and oxygen atoms in total. The van der Waals surface area contributed by atoms with Gasteiger partial charge in [-0.2, -0.15) is 9.57 Å². The molecule has 1 aliphatic rings. The molecule has 1 aliphatic carbocycles. The highest BCUT2D eigenvalue weighted by molar-refractivity contribution is 7.89. The maximum absolute atomic E-state index is 12.6. The zero-order valence-electron chi connectivity index (χ0n) is 11.1. The van der Waals surface area contributed by atoms with Gasteiger partial charge in [0.25, 0.3) is 0 Å². The highest BCUT2D eigenvalue weighted by Crippen LogP contribution is 2.37. The van der Waals surface area contributed by atoms with Gasteiger partial charge in [-0.3, -0.25) is 0 Å². The molecule has 0 bridgehead atoms. The first-order chi connectivity index (χ1) is 9.41. The van der Waals surface area contributed by atoms with Crippen molar-refractivity contribution in [2.24, 2.45) is 11.7 Å². The molecule has 0 amide bonds. The Kier molecular flexibility index (Phi) is 4.35. The predicted octanol–water partition coefficient (Wildman–Crippen LogP) is 1.57. The van der Waals surface area contributed by atoms with Crippen LogP contribution in [0.15, 0.2) is 23.1 Å². The average Bonchev–Trinajstić information content (AvgIpc) is 3.23. The minimum atomic E-state index is -3.70. The molecule has 0 saturated heterocycles. The summed E-state index contributed by atoms with van der Waals surface area (Å²) < 4.78 is 26.5. The summed E-state index contributed by atoms with van der Waals surface area (Å²) in [7, 11) is -2.17. The van der Waals surface area contributed by atoms with E-state index < -0.39 is 10.0 Å². The van der Waals surface area contributed by atoms with Gasteiger partial charge in [0, 0.05) is 19.6 Å². The fraction of sp³-hybridized carbons (Fsp3) is 0.462. The Morgan fingerprint density at radius 2 is 2.20 bits per heavy atom. The molecule has 1 unspecified atom stereocenters. The number of nitrogens with two attached hydrogens (primary N) is 1. The first kappa shape index (κ1) is 15.3. The van der Waals surface area contributed by atoms with Crippen molar-refractivity contribution in [3.8, 4) is 6.07 Å². The lowest BCUT2D eigenvalue weighted by molar-refractivity contribution is 0.340. The van der Waals surface area contributed by atoms with Crippen molar-refractivity contribution in [1.29, 1.82) is 5.26 Å². The van der Waals surface area contributed by atoms with E-state index >= 15 is 0 Å². The molecule has 2 rings (SSSR count). The van der Waals surface area contributed by atoms with Gasteiger partial charge in [-0.05, 0) is 37.0 Å². The van der Waals surface area contributed by atoms with Crippen LogP contribution in [0.1, 0.15) is 18.4 Å². The Balaban J connectivity index is 2.37. The molecule has 1 aromatic rings. The van der Waals surface area contributed by atoms with E-state index in [4.69, 9.17) is 22.6 Å². The van der Waals surface area contributed by atoms with E-state index in [1.807, 2.05) is 6.07 Å². The Labute approximate surface area is 124 Å². The number of halogens is 1. The minimum absolute atomic E-state index is 0.0137. The molecule has 1 atom stereocenters. The summed E-state index contributed by atoms with van der Waals surface area (Å²) in [6.07, 6.45) is 2.01. The lowest BCUT2D eigenvalue weighted by Gasteiger charge is -2.26. The molecule has 0 aliphatic heterocycles. The van der Waals surface area contributed by atoms with Crippen molar-refractivity contribution in [2.75, 3.05) is 13.6 Å². The van der Waals surface area contributed by atoms with Gasteiger partial charge < -0.3 is 5.73 Å². The lowest BCUT2D eigenvalue weighted by Crippen LogP contribution is -2.43. The Morgan fingerprint density at radius 1 is 1.55 bits per heavy atom. The van der Waals surface area contributed by atoms with E-state index in [2.05, 4.69) is 0 Å². The van der Waals surface area contributed by atoms with Crippen LogP contribution in [0.25, 0.3) is 0 Å². The maximum atomic E-state index is 12.6. The summed E-state index contributed by atoms with van der Waals surface area (Å²) >= 11 is 5.99. The molecular formula is C13H16ClN3O2S. The SMILES string of the molecule is CN(C(CN)C1CC1)S(=O)(=O)c1ccc(C#N)cc1Cl. The number of rotatable bonds is 5. The van der Waals surface area contributed by atoms with Crippen LogP contribution in [0.2, 0.25) is 5.02 Å². The van der Waals surface area contributed by atoms with E-state index in [1.165, 1.54) is 29.6 Å². The van der Waals surface area contributed by atoms with E-state index in [0.717, 1.165) is 12.8 Å². The van der Waals surface area contributed by atoms with Crippen LogP contribution < -0.4 is 5.73 Å². The van der Waals surface area contributed by atoms with Gasteiger partial charge in [0.1, 0.15) is 4.90 Å². The molecule has 1 aromatic carbocycles. The molecule has 1 fully saturated rings. The molecule has 0 heterocycles. The van der Waals surface area contributed by atoms with Crippen LogP contribution >= 0.6 is 11.6 Å². The molecular weight excluding hydrogens is 298 g/mol. The third kappa shape index (κ3) is 2.81. The topological polar surface area (TPSA) is 87.2 Å². The van der Waals surface area contributed by atoms with Crippen LogP contribution in [0.4, 0.5) is 0 Å². The van der Waals surface area contributed by atoms with Crippen molar-refractivity contribution in [1.82, 2.24) is 4.31 Å². The summed E-state index contributed by atoms with van der Waals surface area (Å²) in [6.45, 7) is 0.286. The number of likely N-dealkylation sites (N-methyl/N-ethyl adjacent to an activating group) is 1. The number of hydrogen-bond donors (Lipinski definition) is 1. The van der Waals surface area contributed by atoms with Crippen LogP contribution in [0.5, 0.6) is 0 Å². The van der Waals surface area contributed by atoms with Crippen LogP contribution in [-0.2, 0) is 10.0 Å². The molecule has 20 heavy (non-hydrogen) atoms. The van der Waals surface area contributed by atoms with Gasteiger partial charge >= 0.3 is 0 Å². The van der Waals surface area contributed by atoms with Crippen molar-refractivity contribution in [3.05, 3.63) is 28.8 Å². The van der Waals surface area contributed by atoms with E-state index in [1.54, 1.807) is 0 Å². The number of sulfonamides is 1. The van der Waals surface area contributed by atoms with E-state index in [-0.39, 0.29) is 22.5 Å². The fourth-order valence-corrected chi connectivity index (χ4v) is 4.18. The Hall–Kier alpha value is -1.13. The van der Waals surface area contributed by atoms with Crippen LogP contribution in [0.3, 0.4) is 0 Å². The standard InChI is InChI=1S/C13H16ClN3O2S/c1-17(12(8-16)10-3-4-10)20(18,19)13-5-2-9(7-15)6-11(13)14/h2,5-6,10,12H,3-4,8,16H2,1H3. The summed E-state index contributed by atoms with van der Waals surface area (Å²) in [5.41, 5.74) is 6.02. The summed E-state index contributed by atoms with van der Waals surface area (Å²) in [5, 5.41) is 8.85. The Bertz CT molecular complexity index is 650. The summed E-state index contributed by atoms with van der Waals surface area (Å²) in [5.74, 6) is 0.330. The fourth-order valence-electron chi connectivity index (χ4n) is 2.23. The summed E-state index contributed by atoms with van der Waals surface area (Å²) in [6, 6.07) is 5.89. The second-order valence-electron chi connectivity index (χ2n) is 4.92. The highest BCUT2D eigenvalue weighted by atomic mass is 35.5. The van der Waals surface area contributed by atoms with Crippen LogP contribution in [0, 0.1) is 17.2 Å². The first-order valence-electron chi connectivity index (χ1n) is 6.29. The number of nitrogens with zero attached hydrogens (tertiary/aromatic N) is 2. The second kappa shape index (κ2) is 5.70. The molecule has 0 aromatic heterocycles. The quantitative estimate of drug-likeness (QED) is 0.893. The number of hydrogen-bond acceptors (Lipinski definition) is 4. The zero-order chi connectivity index (χ0) is 14.9. The molecule has 108 valence electrons. The minimum Gasteiger partial charge on any atom is -0.329 e. The molecule has 0 radical (unpaired) electrons. The molecule has 2 N–H and O–H groups in total. The van der Waals surface area contributed by atoms with Gasteiger partial charge in [-0.1, -0.05) is 11.6 Å². The number of nitriles is 1. The number of benzene rings is 1. The van der Waals surface area contributed by atoms with Gasteiger partial charge in [0.15, 0.2) is 0 Å². The smallest absolute Gasteiger partial charge is 0.244 e. The monoisotopic (exact) mass is 313 g/mol. The summed E-state index contributed by atoms with van der Waals surface area (Å²) in [4.78, 5) is 0.0137. The van der Waals surface area contributed by atoms with E-state index in [0.29, 0.717) is 11.5 Å². The largest absolute Gasteiger partial charge is 0.329 e. The van der Waals surface area contributed by atoms with Gasteiger partial charge in [0.2, 0.25) is 10.0 Å². The normalized spacial score (nSPS) is 16.9. The molecule has 0 spiro atoms. The third-order valence-electron chi connectivity index (χ3n) is 3.59. The van der Waals surface area contributed by atoms with Gasteiger partial charge in [0.05, 0.1) is 16.7 Å². The average molecular weight is 314 g/mol. The highest BCUT2D eigenvalue weighted by Gasteiger charge is 2.38. The third-order valence-corrected chi connectivity index (χ3v) is 5.96. The maximum Gasteiger partial charge on any atom is 0.244 e.